The maximum absolute atomic E-state index is 13.6. The maximum atomic E-state index is 13.6. The van der Waals surface area contributed by atoms with Gasteiger partial charge in [0.25, 0.3) is 0 Å². The van der Waals surface area contributed by atoms with Crippen LogP contribution in [0.1, 0.15) is 67.7 Å². The first-order chi connectivity index (χ1) is 15.9. The normalized spacial score (nSPS) is 15.0. The van der Waals surface area contributed by atoms with E-state index >= 15 is 0 Å². The molecule has 5 heteroatoms. The first-order valence-corrected chi connectivity index (χ1v) is 12.2. The molecule has 3 rings (SSSR count). The quantitative estimate of drug-likeness (QED) is 0.577. The number of carbonyl (C=O) groups is 2. The predicted octanol–water partition coefficient (Wildman–Crippen LogP) is 5.11. The number of amides is 2. The Labute approximate surface area is 198 Å². The molecular formula is C28H38N2O3. The molecule has 0 radical (unpaired) electrons. The Morgan fingerprint density at radius 2 is 1.64 bits per heavy atom. The van der Waals surface area contributed by atoms with Crippen LogP contribution < -0.4 is 10.1 Å². The third-order valence-corrected chi connectivity index (χ3v) is 6.49. The van der Waals surface area contributed by atoms with Gasteiger partial charge in [0.05, 0.1) is 13.5 Å². The number of nitrogens with one attached hydrogen (secondary N) is 1. The zero-order chi connectivity index (χ0) is 23.8. The van der Waals surface area contributed by atoms with Gasteiger partial charge in [-0.25, -0.2) is 0 Å². The van der Waals surface area contributed by atoms with Gasteiger partial charge in [-0.3, -0.25) is 9.59 Å². The van der Waals surface area contributed by atoms with Gasteiger partial charge >= 0.3 is 0 Å². The minimum atomic E-state index is -0.493. The first-order valence-electron chi connectivity index (χ1n) is 12.2. The van der Waals surface area contributed by atoms with E-state index in [1.807, 2.05) is 45.0 Å². The molecular weight excluding hydrogens is 412 g/mol. The number of methoxy groups -OCH3 is 1. The zero-order valence-electron chi connectivity index (χ0n) is 20.5. The molecule has 2 amide bonds. The van der Waals surface area contributed by atoms with Crippen molar-refractivity contribution in [3.8, 4) is 5.75 Å². The van der Waals surface area contributed by atoms with Gasteiger partial charge in [0, 0.05) is 12.6 Å². The van der Waals surface area contributed by atoms with Crippen LogP contribution in [0.3, 0.4) is 0 Å². The highest BCUT2D eigenvalue weighted by Gasteiger charge is 2.30. The van der Waals surface area contributed by atoms with Gasteiger partial charge in [-0.05, 0) is 56.4 Å². The van der Waals surface area contributed by atoms with Gasteiger partial charge in [0.1, 0.15) is 11.8 Å². The standard InChI is InChI=1S/C28H38N2O3/c1-5-26(28(32)29-24-9-7-6-8-10-24)30(19-22-11-13-25(33-4)14-12-22)27(31)18-23-16-20(2)15-21(3)17-23/h11-17,24,26H,5-10,18-19H2,1-4H3,(H,29,32). The van der Waals surface area contributed by atoms with E-state index in [1.165, 1.54) is 6.42 Å². The fourth-order valence-corrected chi connectivity index (χ4v) is 4.84. The van der Waals surface area contributed by atoms with E-state index in [1.54, 1.807) is 12.0 Å². The Kier molecular flexibility index (Phi) is 8.93. The van der Waals surface area contributed by atoms with Crippen LogP contribution in [-0.4, -0.2) is 35.9 Å². The molecule has 1 fully saturated rings. The van der Waals surface area contributed by atoms with Crippen LogP contribution in [-0.2, 0) is 22.6 Å². The van der Waals surface area contributed by atoms with Crippen molar-refractivity contribution in [2.24, 2.45) is 0 Å². The summed E-state index contributed by atoms with van der Waals surface area (Å²) in [5.41, 5.74) is 4.25. The van der Waals surface area contributed by atoms with Crippen LogP contribution in [0.15, 0.2) is 42.5 Å². The minimum absolute atomic E-state index is 0.0264. The Morgan fingerprint density at radius 3 is 2.21 bits per heavy atom. The van der Waals surface area contributed by atoms with Crippen LogP contribution >= 0.6 is 0 Å². The van der Waals surface area contributed by atoms with Crippen molar-refractivity contribution in [2.75, 3.05) is 7.11 Å². The van der Waals surface area contributed by atoms with Crippen LogP contribution in [0.5, 0.6) is 5.75 Å². The fourth-order valence-electron chi connectivity index (χ4n) is 4.84. The van der Waals surface area contributed by atoms with Crippen LogP contribution in [0.25, 0.3) is 0 Å². The molecule has 5 nitrogen and oxygen atoms in total. The zero-order valence-corrected chi connectivity index (χ0v) is 20.5. The minimum Gasteiger partial charge on any atom is -0.497 e. The summed E-state index contributed by atoms with van der Waals surface area (Å²) in [5, 5.41) is 3.24. The molecule has 1 unspecified atom stereocenters. The van der Waals surface area contributed by atoms with Gasteiger partial charge in [0.2, 0.25) is 11.8 Å². The van der Waals surface area contributed by atoms with Gasteiger partial charge in [0.15, 0.2) is 0 Å². The fraction of sp³-hybridized carbons (Fsp3) is 0.500. The van der Waals surface area contributed by atoms with Crippen molar-refractivity contribution in [3.05, 3.63) is 64.7 Å². The molecule has 2 aromatic rings. The lowest BCUT2D eigenvalue weighted by Gasteiger charge is -2.33. The first kappa shape index (κ1) is 24.8. The van der Waals surface area contributed by atoms with E-state index in [4.69, 9.17) is 4.74 Å². The second kappa shape index (κ2) is 11.9. The van der Waals surface area contributed by atoms with E-state index in [9.17, 15) is 9.59 Å². The topological polar surface area (TPSA) is 58.6 Å². The summed E-state index contributed by atoms with van der Waals surface area (Å²) in [6.07, 6.45) is 6.46. The number of aryl methyl sites for hydroxylation is 2. The molecule has 1 N–H and O–H groups in total. The maximum Gasteiger partial charge on any atom is 0.243 e. The summed E-state index contributed by atoms with van der Waals surface area (Å²) >= 11 is 0. The molecule has 1 atom stereocenters. The Hall–Kier alpha value is -2.82. The van der Waals surface area contributed by atoms with E-state index in [-0.39, 0.29) is 24.3 Å². The number of benzene rings is 2. The molecule has 0 bridgehead atoms. The number of nitrogens with zero attached hydrogens (tertiary/aromatic N) is 1. The Bertz CT molecular complexity index is 912. The lowest BCUT2D eigenvalue weighted by Crippen LogP contribution is -2.51. The average molecular weight is 451 g/mol. The van der Waals surface area contributed by atoms with Gasteiger partial charge < -0.3 is 15.0 Å². The van der Waals surface area contributed by atoms with Gasteiger partial charge in [-0.2, -0.15) is 0 Å². The second-order valence-corrected chi connectivity index (χ2v) is 9.31. The monoisotopic (exact) mass is 450 g/mol. The number of hydrogen-bond donors (Lipinski definition) is 1. The summed E-state index contributed by atoms with van der Waals surface area (Å²) in [6.45, 7) is 6.46. The molecule has 0 aliphatic heterocycles. The number of carbonyl (C=O) groups excluding carboxylic acids is 2. The molecule has 33 heavy (non-hydrogen) atoms. The lowest BCUT2D eigenvalue weighted by atomic mass is 9.95. The molecule has 1 aliphatic rings. The third-order valence-electron chi connectivity index (χ3n) is 6.49. The largest absolute Gasteiger partial charge is 0.497 e. The third kappa shape index (κ3) is 7.08. The number of rotatable bonds is 9. The van der Waals surface area contributed by atoms with Crippen molar-refractivity contribution in [1.82, 2.24) is 10.2 Å². The summed E-state index contributed by atoms with van der Waals surface area (Å²) in [7, 11) is 1.64. The van der Waals surface area contributed by atoms with Crippen molar-refractivity contribution in [1.29, 1.82) is 0 Å². The van der Waals surface area contributed by atoms with E-state index in [0.717, 1.165) is 53.7 Å². The molecule has 2 aromatic carbocycles. The van der Waals surface area contributed by atoms with E-state index in [2.05, 4.69) is 23.5 Å². The van der Waals surface area contributed by atoms with Crippen LogP contribution in [0.2, 0.25) is 0 Å². The molecule has 178 valence electrons. The molecule has 0 heterocycles. The van der Waals surface area contributed by atoms with Gasteiger partial charge in [-0.15, -0.1) is 0 Å². The highest BCUT2D eigenvalue weighted by Crippen LogP contribution is 2.21. The lowest BCUT2D eigenvalue weighted by molar-refractivity contribution is -0.141. The van der Waals surface area contributed by atoms with Crippen molar-refractivity contribution >= 4 is 11.8 Å². The van der Waals surface area contributed by atoms with Gasteiger partial charge in [-0.1, -0.05) is 67.6 Å². The van der Waals surface area contributed by atoms with E-state index < -0.39 is 6.04 Å². The highest BCUT2D eigenvalue weighted by molar-refractivity contribution is 5.88. The summed E-state index contributed by atoms with van der Waals surface area (Å²) < 4.78 is 5.27. The summed E-state index contributed by atoms with van der Waals surface area (Å²) in [6, 6.07) is 13.7. The second-order valence-electron chi connectivity index (χ2n) is 9.31. The number of ether oxygens (including phenoxy) is 1. The Balaban J connectivity index is 1.82. The SMILES string of the molecule is CCC(C(=O)NC1CCCCC1)N(Cc1ccc(OC)cc1)C(=O)Cc1cc(C)cc(C)c1. The smallest absolute Gasteiger partial charge is 0.243 e. The Morgan fingerprint density at radius 1 is 1.00 bits per heavy atom. The number of hydrogen-bond acceptors (Lipinski definition) is 3. The molecule has 1 saturated carbocycles. The molecule has 0 spiro atoms. The molecule has 1 aliphatic carbocycles. The van der Waals surface area contributed by atoms with Crippen molar-refractivity contribution in [3.63, 3.8) is 0 Å². The van der Waals surface area contributed by atoms with E-state index in [0.29, 0.717) is 13.0 Å². The molecule has 0 saturated heterocycles. The molecule has 0 aromatic heterocycles. The highest BCUT2D eigenvalue weighted by atomic mass is 16.5. The van der Waals surface area contributed by atoms with Crippen molar-refractivity contribution < 1.29 is 14.3 Å². The summed E-state index contributed by atoms with van der Waals surface area (Å²) in [4.78, 5) is 28.7. The van der Waals surface area contributed by atoms with Crippen LogP contribution in [0.4, 0.5) is 0 Å². The average Bonchev–Trinajstić information content (AvgIpc) is 2.79. The van der Waals surface area contributed by atoms with Crippen molar-refractivity contribution in [2.45, 2.75) is 84.3 Å². The summed E-state index contributed by atoms with van der Waals surface area (Å²) in [5.74, 6) is 0.710. The van der Waals surface area contributed by atoms with Crippen LogP contribution in [0, 0.1) is 13.8 Å². The predicted molar refractivity (Wildman–Crippen MR) is 132 cm³/mol.